The van der Waals surface area contributed by atoms with Crippen LogP contribution in [0.3, 0.4) is 0 Å². The lowest BCUT2D eigenvalue weighted by Gasteiger charge is -2.14. The van der Waals surface area contributed by atoms with Crippen LogP contribution < -0.4 is 0 Å². The van der Waals surface area contributed by atoms with E-state index in [2.05, 4.69) is 16.9 Å². The highest BCUT2D eigenvalue weighted by Gasteiger charge is 2.15. The lowest BCUT2D eigenvalue weighted by molar-refractivity contribution is 0.0494. The molecule has 1 heterocycles. The van der Waals surface area contributed by atoms with E-state index in [9.17, 15) is 0 Å². The largest absolute Gasteiger partial charge is 0.371 e. The van der Waals surface area contributed by atoms with Gasteiger partial charge in [0.25, 0.3) is 0 Å². The number of aromatic nitrogens is 2. The average molecular weight is 249 g/mol. The van der Waals surface area contributed by atoms with Gasteiger partial charge in [-0.1, -0.05) is 36.5 Å². The number of halogens is 2. The van der Waals surface area contributed by atoms with Gasteiger partial charge in [0.15, 0.2) is 5.82 Å². The topological polar surface area (TPSA) is 35.0 Å². The van der Waals surface area contributed by atoms with Gasteiger partial charge in [0.2, 0.25) is 0 Å². The predicted octanol–water partition coefficient (Wildman–Crippen LogP) is 3.66. The van der Waals surface area contributed by atoms with Crippen molar-refractivity contribution in [3.8, 4) is 0 Å². The summed E-state index contributed by atoms with van der Waals surface area (Å²) >= 11 is 11.6. The predicted molar refractivity (Wildman–Crippen MR) is 61.3 cm³/mol. The minimum atomic E-state index is -0.115. The maximum absolute atomic E-state index is 5.80. The van der Waals surface area contributed by atoms with Crippen molar-refractivity contribution in [3.63, 3.8) is 0 Å². The Morgan fingerprint density at radius 2 is 1.87 bits per heavy atom. The first-order valence-corrected chi connectivity index (χ1v) is 5.74. The smallest absolute Gasteiger partial charge is 0.160 e. The molecule has 0 aliphatic rings. The third-order valence-electron chi connectivity index (χ3n) is 1.89. The molecule has 1 rings (SSSR count). The van der Waals surface area contributed by atoms with Crippen LogP contribution in [0.1, 0.15) is 38.6 Å². The molecule has 0 aromatic carbocycles. The van der Waals surface area contributed by atoms with Crippen molar-refractivity contribution in [2.45, 2.75) is 32.8 Å². The van der Waals surface area contributed by atoms with Crippen molar-refractivity contribution in [1.82, 2.24) is 9.97 Å². The summed E-state index contributed by atoms with van der Waals surface area (Å²) < 4.78 is 5.54. The van der Waals surface area contributed by atoms with Crippen LogP contribution in [-0.2, 0) is 4.74 Å². The monoisotopic (exact) mass is 248 g/mol. The number of nitrogens with zero attached hydrogens (tertiary/aromatic N) is 2. The van der Waals surface area contributed by atoms with Gasteiger partial charge in [0.05, 0.1) is 0 Å². The summed E-state index contributed by atoms with van der Waals surface area (Å²) in [5.41, 5.74) is 0. The zero-order chi connectivity index (χ0) is 11.3. The fourth-order valence-corrected chi connectivity index (χ4v) is 1.74. The van der Waals surface area contributed by atoms with E-state index in [4.69, 9.17) is 27.9 Å². The van der Waals surface area contributed by atoms with E-state index >= 15 is 0 Å². The second kappa shape index (κ2) is 6.26. The molecule has 15 heavy (non-hydrogen) atoms. The summed E-state index contributed by atoms with van der Waals surface area (Å²) in [5, 5.41) is 0.705. The van der Waals surface area contributed by atoms with E-state index in [0.29, 0.717) is 22.7 Å². The number of hydrogen-bond acceptors (Lipinski definition) is 3. The zero-order valence-corrected chi connectivity index (χ0v) is 10.3. The van der Waals surface area contributed by atoms with Crippen molar-refractivity contribution in [3.05, 3.63) is 22.2 Å². The lowest BCUT2D eigenvalue weighted by atomic mass is 10.2. The van der Waals surface area contributed by atoms with Crippen LogP contribution >= 0.6 is 23.2 Å². The molecule has 0 saturated carbocycles. The maximum atomic E-state index is 5.80. The molecule has 0 radical (unpaired) electrons. The van der Waals surface area contributed by atoms with Crippen LogP contribution in [0.25, 0.3) is 0 Å². The van der Waals surface area contributed by atoms with Crippen LogP contribution in [0.15, 0.2) is 6.07 Å². The molecule has 0 aliphatic heterocycles. The first kappa shape index (κ1) is 12.7. The number of rotatable bonds is 5. The summed E-state index contributed by atoms with van der Waals surface area (Å²) in [6.07, 6.45) is 1.75. The van der Waals surface area contributed by atoms with Gasteiger partial charge < -0.3 is 4.74 Å². The van der Waals surface area contributed by atoms with Gasteiger partial charge in [-0.05, 0) is 13.3 Å². The fraction of sp³-hybridized carbons (Fsp3) is 0.600. The quantitative estimate of drug-likeness (QED) is 0.747. The zero-order valence-electron chi connectivity index (χ0n) is 8.83. The van der Waals surface area contributed by atoms with Crippen LogP contribution in [0.4, 0.5) is 0 Å². The van der Waals surface area contributed by atoms with Gasteiger partial charge in [0, 0.05) is 12.7 Å². The van der Waals surface area contributed by atoms with Crippen LogP contribution in [0.2, 0.25) is 10.3 Å². The summed E-state index contributed by atoms with van der Waals surface area (Å²) in [6.45, 7) is 4.64. The SMILES string of the molecule is CCCC(OCC)c1nc(Cl)cc(Cl)n1. The molecule has 0 N–H and O–H groups in total. The molecule has 0 bridgehead atoms. The molecule has 0 aliphatic carbocycles. The summed E-state index contributed by atoms with van der Waals surface area (Å²) in [5.74, 6) is 0.566. The highest BCUT2D eigenvalue weighted by molar-refractivity contribution is 6.33. The molecule has 1 unspecified atom stereocenters. The molecule has 0 amide bonds. The van der Waals surface area contributed by atoms with E-state index in [1.807, 2.05) is 6.92 Å². The standard InChI is InChI=1S/C10H14Cl2N2O/c1-3-5-7(15-4-2)10-13-8(11)6-9(12)14-10/h6-7H,3-5H2,1-2H3. The molecule has 1 aromatic rings. The van der Waals surface area contributed by atoms with Crippen molar-refractivity contribution < 1.29 is 4.74 Å². The summed E-state index contributed by atoms with van der Waals surface area (Å²) in [4.78, 5) is 8.23. The highest BCUT2D eigenvalue weighted by Crippen LogP contribution is 2.22. The van der Waals surface area contributed by atoms with Gasteiger partial charge in [-0.3, -0.25) is 0 Å². The van der Waals surface area contributed by atoms with Gasteiger partial charge in [-0.15, -0.1) is 0 Å². The van der Waals surface area contributed by atoms with Crippen molar-refractivity contribution in [2.75, 3.05) is 6.61 Å². The number of hydrogen-bond donors (Lipinski definition) is 0. The Morgan fingerprint density at radius 1 is 1.27 bits per heavy atom. The molecule has 5 heteroatoms. The molecular weight excluding hydrogens is 235 g/mol. The minimum absolute atomic E-state index is 0.115. The first-order chi connectivity index (χ1) is 7.17. The third-order valence-corrected chi connectivity index (χ3v) is 2.27. The van der Waals surface area contributed by atoms with E-state index in [1.54, 1.807) is 0 Å². The third kappa shape index (κ3) is 3.93. The fourth-order valence-electron chi connectivity index (χ4n) is 1.30. The van der Waals surface area contributed by atoms with E-state index in [0.717, 1.165) is 12.8 Å². The Labute approximate surface area is 99.8 Å². The molecule has 0 spiro atoms. The number of ether oxygens (including phenoxy) is 1. The van der Waals surface area contributed by atoms with Gasteiger partial charge in [-0.25, -0.2) is 9.97 Å². The Kier molecular flexibility index (Phi) is 5.29. The molecule has 0 fully saturated rings. The van der Waals surface area contributed by atoms with Crippen molar-refractivity contribution in [1.29, 1.82) is 0 Å². The Morgan fingerprint density at radius 3 is 2.33 bits per heavy atom. The lowest BCUT2D eigenvalue weighted by Crippen LogP contribution is -2.08. The molecule has 84 valence electrons. The summed E-state index contributed by atoms with van der Waals surface area (Å²) in [6, 6.07) is 1.52. The Hall–Kier alpha value is -0.380. The van der Waals surface area contributed by atoms with Crippen molar-refractivity contribution in [2.24, 2.45) is 0 Å². The van der Waals surface area contributed by atoms with Crippen LogP contribution in [0.5, 0.6) is 0 Å². The first-order valence-electron chi connectivity index (χ1n) is 4.99. The normalized spacial score (nSPS) is 12.8. The van der Waals surface area contributed by atoms with Gasteiger partial charge in [0.1, 0.15) is 16.4 Å². The second-order valence-corrected chi connectivity index (χ2v) is 3.88. The van der Waals surface area contributed by atoms with E-state index < -0.39 is 0 Å². The molecule has 1 atom stereocenters. The molecular formula is C10H14Cl2N2O. The van der Waals surface area contributed by atoms with E-state index in [-0.39, 0.29) is 6.10 Å². The Balaban J connectivity index is 2.88. The van der Waals surface area contributed by atoms with Crippen LogP contribution in [0, 0.1) is 0 Å². The average Bonchev–Trinajstić information content (AvgIpc) is 2.16. The highest BCUT2D eigenvalue weighted by atomic mass is 35.5. The molecule has 3 nitrogen and oxygen atoms in total. The second-order valence-electron chi connectivity index (χ2n) is 3.10. The van der Waals surface area contributed by atoms with Crippen LogP contribution in [-0.4, -0.2) is 16.6 Å². The van der Waals surface area contributed by atoms with Crippen molar-refractivity contribution >= 4 is 23.2 Å². The maximum Gasteiger partial charge on any atom is 0.160 e. The van der Waals surface area contributed by atoms with Gasteiger partial charge in [-0.2, -0.15) is 0 Å². The van der Waals surface area contributed by atoms with E-state index in [1.165, 1.54) is 6.07 Å². The van der Waals surface area contributed by atoms with Gasteiger partial charge >= 0.3 is 0 Å². The Bertz CT molecular complexity index is 294. The molecule has 0 saturated heterocycles. The molecule has 1 aromatic heterocycles. The minimum Gasteiger partial charge on any atom is -0.371 e. The summed E-state index contributed by atoms with van der Waals surface area (Å²) in [7, 11) is 0.